The Bertz CT molecular complexity index is 169. The van der Waals surface area contributed by atoms with Gasteiger partial charge in [-0.3, -0.25) is 4.79 Å². The first-order valence-corrected chi connectivity index (χ1v) is 3.56. The first kappa shape index (κ1) is 10.9. The first-order chi connectivity index (χ1) is 5.57. The van der Waals surface area contributed by atoms with E-state index in [1.807, 2.05) is 0 Å². The molecule has 0 bridgehead atoms. The summed E-state index contributed by atoms with van der Waals surface area (Å²) in [6.07, 6.45) is 0.283. The summed E-state index contributed by atoms with van der Waals surface area (Å²) in [6, 6.07) is -0.845. The molecule has 12 heavy (non-hydrogen) atoms. The number of methoxy groups -OCH3 is 1. The number of aliphatic carboxylic acids is 1. The van der Waals surface area contributed by atoms with Crippen LogP contribution in [0, 0.1) is 0 Å². The maximum Gasteiger partial charge on any atom is 0.326 e. The Labute approximate surface area is 70.7 Å². The average molecular weight is 175 g/mol. The van der Waals surface area contributed by atoms with E-state index in [2.05, 4.69) is 10.1 Å². The summed E-state index contributed by atoms with van der Waals surface area (Å²) < 4.78 is 4.69. The van der Waals surface area contributed by atoms with Gasteiger partial charge in [0.15, 0.2) is 0 Å². The maximum atomic E-state index is 10.5. The van der Waals surface area contributed by atoms with Gasteiger partial charge in [-0.2, -0.15) is 0 Å². The second-order valence-electron chi connectivity index (χ2n) is 2.37. The lowest BCUT2D eigenvalue weighted by molar-refractivity contribution is -0.142. The molecule has 5 heteroatoms. The summed E-state index contributed by atoms with van der Waals surface area (Å²) in [5, 5.41) is 10.9. The van der Waals surface area contributed by atoms with Crippen molar-refractivity contribution < 1.29 is 19.4 Å². The Morgan fingerprint density at radius 2 is 2.17 bits per heavy atom. The maximum absolute atomic E-state index is 10.5. The Morgan fingerprint density at radius 3 is 2.50 bits per heavy atom. The minimum atomic E-state index is -1.04. The highest BCUT2D eigenvalue weighted by Crippen LogP contribution is 1.92. The molecular formula is C7H13NO4. The van der Waals surface area contributed by atoms with Crippen molar-refractivity contribution in [2.24, 2.45) is 0 Å². The van der Waals surface area contributed by atoms with Crippen molar-refractivity contribution in [2.75, 3.05) is 13.7 Å². The SMILES string of the molecule is COCCC(NC(C)=O)C(=O)O. The Hall–Kier alpha value is -1.10. The van der Waals surface area contributed by atoms with E-state index in [4.69, 9.17) is 5.11 Å². The van der Waals surface area contributed by atoms with Crippen LogP contribution in [0.3, 0.4) is 0 Å². The second kappa shape index (κ2) is 5.54. The molecule has 0 aromatic heterocycles. The molecule has 0 radical (unpaired) electrons. The number of rotatable bonds is 5. The van der Waals surface area contributed by atoms with Gasteiger partial charge in [0.25, 0.3) is 0 Å². The predicted molar refractivity (Wildman–Crippen MR) is 41.7 cm³/mol. The average Bonchev–Trinajstić information content (AvgIpc) is 1.96. The predicted octanol–water partition coefficient (Wildman–Crippen LogP) is -0.388. The smallest absolute Gasteiger partial charge is 0.326 e. The van der Waals surface area contributed by atoms with E-state index in [1.54, 1.807) is 0 Å². The van der Waals surface area contributed by atoms with Crippen molar-refractivity contribution in [3.05, 3.63) is 0 Å². The van der Waals surface area contributed by atoms with Gasteiger partial charge in [-0.25, -0.2) is 4.79 Å². The third-order valence-electron chi connectivity index (χ3n) is 1.29. The van der Waals surface area contributed by atoms with Crippen molar-refractivity contribution in [1.29, 1.82) is 0 Å². The summed E-state index contributed by atoms with van der Waals surface area (Å²) in [5.41, 5.74) is 0. The molecule has 0 rings (SSSR count). The van der Waals surface area contributed by atoms with Gasteiger partial charge in [0, 0.05) is 27.1 Å². The molecule has 2 N–H and O–H groups in total. The number of nitrogens with one attached hydrogen (secondary N) is 1. The molecule has 0 fully saturated rings. The molecule has 1 amide bonds. The minimum Gasteiger partial charge on any atom is -0.480 e. The standard InChI is InChI=1S/C7H13NO4/c1-5(9)8-6(7(10)11)3-4-12-2/h6H,3-4H2,1-2H3,(H,8,9)(H,10,11). The molecule has 0 saturated heterocycles. The van der Waals surface area contributed by atoms with Gasteiger partial charge in [0.05, 0.1) is 0 Å². The summed E-state index contributed by atoms with van der Waals surface area (Å²) in [4.78, 5) is 21.0. The van der Waals surface area contributed by atoms with Crippen LogP contribution in [0.5, 0.6) is 0 Å². The van der Waals surface area contributed by atoms with E-state index >= 15 is 0 Å². The summed E-state index contributed by atoms with van der Waals surface area (Å²) in [5.74, 6) is -1.39. The van der Waals surface area contributed by atoms with Gasteiger partial charge in [0.1, 0.15) is 6.04 Å². The highest BCUT2D eigenvalue weighted by molar-refractivity contribution is 5.81. The van der Waals surface area contributed by atoms with E-state index < -0.39 is 12.0 Å². The summed E-state index contributed by atoms with van der Waals surface area (Å²) >= 11 is 0. The topological polar surface area (TPSA) is 75.6 Å². The van der Waals surface area contributed by atoms with Crippen LogP contribution in [-0.2, 0) is 14.3 Å². The lowest BCUT2D eigenvalue weighted by atomic mass is 10.2. The van der Waals surface area contributed by atoms with Crippen molar-refractivity contribution in [2.45, 2.75) is 19.4 Å². The molecule has 0 aliphatic carbocycles. The fraction of sp³-hybridized carbons (Fsp3) is 0.714. The van der Waals surface area contributed by atoms with Crippen LogP contribution in [0.1, 0.15) is 13.3 Å². The first-order valence-electron chi connectivity index (χ1n) is 3.56. The quantitative estimate of drug-likeness (QED) is 0.596. The molecule has 70 valence electrons. The van der Waals surface area contributed by atoms with Crippen molar-refractivity contribution in [3.8, 4) is 0 Å². The van der Waals surface area contributed by atoms with Crippen molar-refractivity contribution in [3.63, 3.8) is 0 Å². The lowest BCUT2D eigenvalue weighted by Crippen LogP contribution is -2.40. The fourth-order valence-corrected chi connectivity index (χ4v) is 0.738. The third kappa shape index (κ3) is 4.68. The number of hydrogen-bond donors (Lipinski definition) is 2. The molecule has 5 nitrogen and oxygen atoms in total. The van der Waals surface area contributed by atoms with Crippen LogP contribution in [0.2, 0.25) is 0 Å². The third-order valence-corrected chi connectivity index (χ3v) is 1.29. The number of carboxylic acid groups (broad SMARTS) is 1. The zero-order valence-electron chi connectivity index (χ0n) is 7.16. The Balaban J connectivity index is 3.87. The van der Waals surface area contributed by atoms with E-state index in [1.165, 1.54) is 14.0 Å². The van der Waals surface area contributed by atoms with Crippen LogP contribution in [0.25, 0.3) is 0 Å². The van der Waals surface area contributed by atoms with E-state index in [-0.39, 0.29) is 12.3 Å². The number of carboxylic acids is 1. The van der Waals surface area contributed by atoms with E-state index in [0.29, 0.717) is 6.61 Å². The Morgan fingerprint density at radius 1 is 1.58 bits per heavy atom. The molecule has 0 heterocycles. The number of amides is 1. The van der Waals surface area contributed by atoms with Crippen molar-refractivity contribution in [1.82, 2.24) is 5.32 Å². The fourth-order valence-electron chi connectivity index (χ4n) is 0.738. The van der Waals surface area contributed by atoms with Crippen LogP contribution in [-0.4, -0.2) is 36.7 Å². The molecular weight excluding hydrogens is 162 g/mol. The highest BCUT2D eigenvalue weighted by Gasteiger charge is 2.17. The van der Waals surface area contributed by atoms with Gasteiger partial charge >= 0.3 is 5.97 Å². The molecule has 0 aromatic carbocycles. The summed E-state index contributed by atoms with van der Waals surface area (Å²) in [7, 11) is 1.48. The van der Waals surface area contributed by atoms with Crippen LogP contribution < -0.4 is 5.32 Å². The molecule has 1 unspecified atom stereocenters. The molecule has 0 saturated carbocycles. The Kier molecular flexibility index (Phi) is 5.03. The number of ether oxygens (including phenoxy) is 1. The second-order valence-corrected chi connectivity index (χ2v) is 2.37. The number of hydrogen-bond acceptors (Lipinski definition) is 3. The van der Waals surface area contributed by atoms with Gasteiger partial charge in [-0.05, 0) is 0 Å². The molecule has 0 aromatic rings. The van der Waals surface area contributed by atoms with Crippen LogP contribution in [0.15, 0.2) is 0 Å². The lowest BCUT2D eigenvalue weighted by Gasteiger charge is -2.11. The van der Waals surface area contributed by atoms with Gasteiger partial charge in [0.2, 0.25) is 5.91 Å². The van der Waals surface area contributed by atoms with Crippen LogP contribution in [0.4, 0.5) is 0 Å². The number of carbonyl (C=O) groups is 2. The normalized spacial score (nSPS) is 12.2. The summed E-state index contributed by atoms with van der Waals surface area (Å²) in [6.45, 7) is 1.60. The highest BCUT2D eigenvalue weighted by atomic mass is 16.5. The molecule has 0 aliphatic rings. The van der Waals surface area contributed by atoms with E-state index in [0.717, 1.165) is 0 Å². The molecule has 0 spiro atoms. The minimum absolute atomic E-state index is 0.283. The largest absolute Gasteiger partial charge is 0.480 e. The van der Waals surface area contributed by atoms with Crippen molar-refractivity contribution >= 4 is 11.9 Å². The monoisotopic (exact) mass is 175 g/mol. The molecule has 1 atom stereocenters. The van der Waals surface area contributed by atoms with Gasteiger partial charge < -0.3 is 15.2 Å². The zero-order valence-corrected chi connectivity index (χ0v) is 7.16. The van der Waals surface area contributed by atoms with E-state index in [9.17, 15) is 9.59 Å². The van der Waals surface area contributed by atoms with Gasteiger partial charge in [-0.15, -0.1) is 0 Å². The molecule has 0 aliphatic heterocycles. The van der Waals surface area contributed by atoms with Gasteiger partial charge in [-0.1, -0.05) is 0 Å². The van der Waals surface area contributed by atoms with Crippen LogP contribution >= 0.6 is 0 Å². The zero-order chi connectivity index (χ0) is 9.56. The number of carbonyl (C=O) groups excluding carboxylic acids is 1.